The summed E-state index contributed by atoms with van der Waals surface area (Å²) < 4.78 is 0. The average molecular weight is 264 g/mol. The Morgan fingerprint density at radius 3 is 2.58 bits per heavy atom. The van der Waals surface area contributed by atoms with Crippen molar-refractivity contribution >= 4 is 11.6 Å². The lowest BCUT2D eigenvalue weighted by atomic mass is 9.47. The minimum Gasteiger partial charge on any atom is -0.300 e. The van der Waals surface area contributed by atoms with Crippen LogP contribution in [0.25, 0.3) is 0 Å². The third-order valence-corrected chi connectivity index (χ3v) is 5.93. The van der Waals surface area contributed by atoms with Gasteiger partial charge in [0.25, 0.3) is 0 Å². The summed E-state index contributed by atoms with van der Waals surface area (Å²) in [5, 5.41) is 0. The maximum atomic E-state index is 12.4. The lowest BCUT2D eigenvalue weighted by Gasteiger charge is -2.56. The van der Waals surface area contributed by atoms with Crippen molar-refractivity contribution in [2.45, 2.75) is 72.6 Å². The summed E-state index contributed by atoms with van der Waals surface area (Å²) in [6, 6.07) is 0. The molecule has 0 heterocycles. The first-order valence-electron chi connectivity index (χ1n) is 7.79. The van der Waals surface area contributed by atoms with Crippen LogP contribution in [0.3, 0.4) is 0 Å². The first-order valence-corrected chi connectivity index (χ1v) is 7.79. The van der Waals surface area contributed by atoms with Gasteiger partial charge in [-0.1, -0.05) is 27.2 Å². The van der Waals surface area contributed by atoms with Gasteiger partial charge in [-0.3, -0.25) is 4.79 Å². The zero-order chi connectivity index (χ0) is 14.3. The molecular weight excluding hydrogens is 236 g/mol. The van der Waals surface area contributed by atoms with Crippen molar-refractivity contribution in [1.82, 2.24) is 0 Å². The smallest absolute Gasteiger partial charge is 0.136 e. The molecule has 2 aliphatic rings. The molecule has 108 valence electrons. The van der Waals surface area contributed by atoms with Gasteiger partial charge in [0.2, 0.25) is 0 Å². The highest BCUT2D eigenvalue weighted by atomic mass is 16.1. The zero-order valence-corrected chi connectivity index (χ0v) is 12.9. The van der Waals surface area contributed by atoms with E-state index in [9.17, 15) is 9.59 Å². The number of rotatable bonds is 3. The molecule has 2 aliphatic carbocycles. The summed E-state index contributed by atoms with van der Waals surface area (Å²) in [4.78, 5) is 23.6. The number of hydrogen-bond acceptors (Lipinski definition) is 2. The third kappa shape index (κ3) is 2.64. The van der Waals surface area contributed by atoms with E-state index >= 15 is 0 Å². The maximum Gasteiger partial charge on any atom is 0.136 e. The van der Waals surface area contributed by atoms with E-state index in [2.05, 4.69) is 20.8 Å². The summed E-state index contributed by atoms with van der Waals surface area (Å²) in [6.45, 7) is 8.69. The number of fused-ring (bicyclic) bond motifs is 1. The van der Waals surface area contributed by atoms with Gasteiger partial charge in [-0.15, -0.1) is 0 Å². The van der Waals surface area contributed by atoms with Crippen LogP contribution in [0.5, 0.6) is 0 Å². The molecule has 2 heteroatoms. The molecule has 0 N–H and O–H groups in total. The number of Topliss-reactive ketones (excluding diaryl/α,β-unsaturated/α-hetero) is 2. The normalized spacial score (nSPS) is 37.8. The molecule has 0 bridgehead atoms. The summed E-state index contributed by atoms with van der Waals surface area (Å²) in [7, 11) is 0. The third-order valence-electron chi connectivity index (χ3n) is 5.93. The summed E-state index contributed by atoms with van der Waals surface area (Å²) in [5.74, 6) is 1.39. The highest BCUT2D eigenvalue weighted by molar-refractivity contribution is 5.84. The van der Waals surface area contributed by atoms with Gasteiger partial charge in [-0.2, -0.15) is 0 Å². The number of carbonyl (C=O) groups excluding carboxylic acids is 2. The van der Waals surface area contributed by atoms with Gasteiger partial charge < -0.3 is 4.79 Å². The van der Waals surface area contributed by atoms with Crippen molar-refractivity contribution in [3.63, 3.8) is 0 Å². The number of carbonyl (C=O) groups is 2. The molecule has 0 aromatic rings. The Morgan fingerprint density at radius 1 is 1.26 bits per heavy atom. The summed E-state index contributed by atoms with van der Waals surface area (Å²) in [5.41, 5.74) is 0.481. The molecule has 2 fully saturated rings. The first kappa shape index (κ1) is 14.7. The molecular formula is C17H28O2. The second kappa shape index (κ2) is 5.03. The van der Waals surface area contributed by atoms with Crippen LogP contribution >= 0.6 is 0 Å². The van der Waals surface area contributed by atoms with Gasteiger partial charge >= 0.3 is 0 Å². The molecule has 19 heavy (non-hydrogen) atoms. The van der Waals surface area contributed by atoms with E-state index in [1.807, 2.05) is 0 Å². The average Bonchev–Trinajstić information content (AvgIpc) is 2.26. The molecule has 0 aromatic heterocycles. The van der Waals surface area contributed by atoms with Crippen LogP contribution in [0.15, 0.2) is 0 Å². The quantitative estimate of drug-likeness (QED) is 0.766. The van der Waals surface area contributed by atoms with E-state index in [-0.39, 0.29) is 17.1 Å². The zero-order valence-electron chi connectivity index (χ0n) is 12.9. The van der Waals surface area contributed by atoms with Gasteiger partial charge in [0.15, 0.2) is 0 Å². The highest BCUT2D eigenvalue weighted by Gasteiger charge is 2.54. The van der Waals surface area contributed by atoms with Crippen LogP contribution in [-0.4, -0.2) is 11.6 Å². The van der Waals surface area contributed by atoms with Crippen LogP contribution in [-0.2, 0) is 9.59 Å². The van der Waals surface area contributed by atoms with Gasteiger partial charge in [-0.05, 0) is 49.4 Å². The van der Waals surface area contributed by atoms with E-state index in [0.717, 1.165) is 25.7 Å². The van der Waals surface area contributed by atoms with Crippen LogP contribution in [0.2, 0.25) is 0 Å². The Morgan fingerprint density at radius 2 is 1.95 bits per heavy atom. The molecule has 2 unspecified atom stereocenters. The van der Waals surface area contributed by atoms with E-state index < -0.39 is 0 Å². The standard InChI is InChI=1S/C17H28O2/c1-12(18)6-7-13-14(19)8-9-15-16(2,3)10-5-11-17(13,15)4/h13,15H,5-11H2,1-4H3/t13?,15?,17-/m1/s1. The molecule has 0 aliphatic heterocycles. The second-order valence-electron chi connectivity index (χ2n) is 7.70. The van der Waals surface area contributed by atoms with E-state index in [4.69, 9.17) is 0 Å². The van der Waals surface area contributed by atoms with Crippen molar-refractivity contribution in [3.8, 4) is 0 Å². The number of ketones is 2. The van der Waals surface area contributed by atoms with Crippen molar-refractivity contribution in [2.75, 3.05) is 0 Å². The van der Waals surface area contributed by atoms with Gasteiger partial charge in [0.1, 0.15) is 11.6 Å². The van der Waals surface area contributed by atoms with E-state index in [1.165, 1.54) is 12.8 Å². The Hall–Kier alpha value is -0.660. The number of hydrogen-bond donors (Lipinski definition) is 0. The largest absolute Gasteiger partial charge is 0.300 e. The molecule has 2 rings (SSSR count). The molecule has 0 radical (unpaired) electrons. The molecule has 2 saturated carbocycles. The Labute approximate surface area is 117 Å². The van der Waals surface area contributed by atoms with Crippen LogP contribution < -0.4 is 0 Å². The van der Waals surface area contributed by atoms with E-state index in [0.29, 0.717) is 23.5 Å². The van der Waals surface area contributed by atoms with Crippen LogP contribution in [0.4, 0.5) is 0 Å². The first-order chi connectivity index (χ1) is 8.77. The van der Waals surface area contributed by atoms with Crippen molar-refractivity contribution in [2.24, 2.45) is 22.7 Å². The van der Waals surface area contributed by atoms with Crippen molar-refractivity contribution in [1.29, 1.82) is 0 Å². The minimum atomic E-state index is 0.120. The molecule has 0 spiro atoms. The predicted molar refractivity (Wildman–Crippen MR) is 76.9 cm³/mol. The fourth-order valence-corrected chi connectivity index (χ4v) is 4.97. The summed E-state index contributed by atoms with van der Waals surface area (Å²) in [6.07, 6.45) is 6.79. The molecule has 0 aromatic carbocycles. The topological polar surface area (TPSA) is 34.1 Å². The van der Waals surface area contributed by atoms with Gasteiger partial charge in [0.05, 0.1) is 0 Å². The summed E-state index contributed by atoms with van der Waals surface area (Å²) >= 11 is 0. The lowest BCUT2D eigenvalue weighted by Crippen LogP contribution is -2.51. The minimum absolute atomic E-state index is 0.120. The fourth-order valence-electron chi connectivity index (χ4n) is 4.97. The molecule has 2 nitrogen and oxygen atoms in total. The van der Waals surface area contributed by atoms with E-state index in [1.54, 1.807) is 6.92 Å². The van der Waals surface area contributed by atoms with Crippen LogP contribution in [0, 0.1) is 22.7 Å². The lowest BCUT2D eigenvalue weighted by molar-refractivity contribution is -0.143. The monoisotopic (exact) mass is 264 g/mol. The predicted octanol–water partition coefficient (Wildman–Crippen LogP) is 4.17. The van der Waals surface area contributed by atoms with Crippen LogP contribution in [0.1, 0.15) is 72.6 Å². The Balaban J connectivity index is 2.24. The Kier molecular flexibility index (Phi) is 3.90. The Bertz CT molecular complexity index is 383. The van der Waals surface area contributed by atoms with Gasteiger partial charge in [0, 0.05) is 18.8 Å². The van der Waals surface area contributed by atoms with Crippen molar-refractivity contribution in [3.05, 3.63) is 0 Å². The van der Waals surface area contributed by atoms with Crippen molar-refractivity contribution < 1.29 is 9.59 Å². The second-order valence-corrected chi connectivity index (χ2v) is 7.70. The molecule has 3 atom stereocenters. The highest BCUT2D eigenvalue weighted by Crippen LogP contribution is 2.59. The molecule has 0 saturated heterocycles. The SMILES string of the molecule is CC(=O)CCC1C(=O)CCC2C(C)(C)CCC[C@]12C. The maximum absolute atomic E-state index is 12.4. The fraction of sp³-hybridized carbons (Fsp3) is 0.882. The van der Waals surface area contributed by atoms with Gasteiger partial charge in [-0.25, -0.2) is 0 Å². The molecule has 0 amide bonds.